The minimum absolute atomic E-state index is 0.0191. The summed E-state index contributed by atoms with van der Waals surface area (Å²) in [5.41, 5.74) is 20.0. The predicted octanol–water partition coefficient (Wildman–Crippen LogP) is 17.1. The number of furan rings is 1. The first-order valence-corrected chi connectivity index (χ1v) is 26.3. The molecule has 0 aliphatic carbocycles. The smallest absolute Gasteiger partial charge is 0.264 e. The lowest BCUT2D eigenvalue weighted by molar-refractivity contribution is 0.590. The Balaban J connectivity index is 1.07. The van der Waals surface area contributed by atoms with Crippen LogP contribution in [0.25, 0.3) is 43.2 Å². The third-order valence-corrected chi connectivity index (χ3v) is 17.3. The average molecular weight is 952 g/mol. The van der Waals surface area contributed by atoms with Crippen LogP contribution in [0.4, 0.5) is 51.2 Å². The molecule has 7 heteroatoms. The van der Waals surface area contributed by atoms with Gasteiger partial charge in [-0.25, -0.2) is 0 Å². The van der Waals surface area contributed by atoms with E-state index in [0.717, 1.165) is 39.0 Å². The van der Waals surface area contributed by atoms with Crippen molar-refractivity contribution in [2.45, 2.75) is 62.2 Å². The summed E-state index contributed by atoms with van der Waals surface area (Å²) in [6.45, 7) is 13.9. The molecule has 5 heterocycles. The van der Waals surface area contributed by atoms with Gasteiger partial charge in [0.05, 0.1) is 22.7 Å². The van der Waals surface area contributed by atoms with E-state index in [1.165, 1.54) is 92.0 Å². The number of benzene rings is 9. The fourth-order valence-electron chi connectivity index (χ4n) is 11.4. The normalized spacial score (nSPS) is 13.9. The Bertz CT molecular complexity index is 3990. The van der Waals surface area contributed by atoms with E-state index in [1.54, 1.807) is 0 Å². The summed E-state index contributed by atoms with van der Waals surface area (Å²) < 4.78 is 9.05. The standard InChI is InChI=1S/C64H50BN3OS2/c1-63(2,3)40-27-32-49(45(35-40)39-17-8-7-9-18-39)68-53-23-16-22-52-60(53)65(62-61(68)47-36-41(64(4,5)6)28-34-57(47)71-62)48-31-29-43-38-54(48)67(52)51-21-12-15-26-59(51)70-58-25-14-11-20-50(58)66(43)42-30-33-56-46(37-42)44-19-10-13-24-55(44)69-56/h7-38H,1-6H3. The van der Waals surface area contributed by atoms with Crippen molar-refractivity contribution in [1.29, 1.82) is 0 Å². The Morgan fingerprint density at radius 1 is 0.437 bits per heavy atom. The van der Waals surface area contributed by atoms with Gasteiger partial charge in [-0.1, -0.05) is 150 Å². The number of hydrogen-bond donors (Lipinski definition) is 0. The second-order valence-electron chi connectivity index (χ2n) is 21.3. The van der Waals surface area contributed by atoms with Crippen LogP contribution >= 0.6 is 23.1 Å². The molecule has 4 nitrogen and oxygen atoms in total. The van der Waals surface area contributed by atoms with Gasteiger partial charge in [0.2, 0.25) is 0 Å². The highest BCUT2D eigenvalue weighted by Crippen LogP contribution is 2.54. The molecular formula is C64H50BN3OS2. The van der Waals surface area contributed by atoms with Crippen molar-refractivity contribution in [2.75, 3.05) is 14.7 Å². The molecule has 71 heavy (non-hydrogen) atoms. The molecule has 0 saturated carbocycles. The summed E-state index contributed by atoms with van der Waals surface area (Å²) in [5, 5.41) is 3.52. The zero-order valence-electron chi connectivity index (χ0n) is 40.6. The lowest BCUT2D eigenvalue weighted by atomic mass is 9.36. The van der Waals surface area contributed by atoms with Crippen molar-refractivity contribution in [3.8, 4) is 11.1 Å². The average Bonchev–Trinajstić information content (AvgIpc) is 3.95. The fourth-order valence-corrected chi connectivity index (χ4v) is 13.8. The van der Waals surface area contributed by atoms with Crippen LogP contribution in [0.3, 0.4) is 0 Å². The number of hydrogen-bond acceptors (Lipinski definition) is 6. The highest BCUT2D eigenvalue weighted by Gasteiger charge is 2.46. The minimum atomic E-state index is -0.0314. The zero-order valence-corrected chi connectivity index (χ0v) is 42.3. The quantitative estimate of drug-likeness (QED) is 0.164. The van der Waals surface area contributed by atoms with Crippen LogP contribution in [0.1, 0.15) is 52.7 Å². The second-order valence-corrected chi connectivity index (χ2v) is 23.5. The Hall–Kier alpha value is -7.45. The highest BCUT2D eigenvalue weighted by molar-refractivity contribution is 7.99. The molecule has 0 N–H and O–H groups in total. The molecule has 0 unspecified atom stereocenters. The van der Waals surface area contributed by atoms with E-state index >= 15 is 0 Å². The number of fused-ring (bicyclic) bond motifs is 13. The summed E-state index contributed by atoms with van der Waals surface area (Å²) in [7, 11) is 0. The zero-order chi connectivity index (χ0) is 47.9. The SMILES string of the molecule is CC(C)(C)c1ccc(N2c3cccc4c3B(c3ccc5cc3N4c3ccccc3Sc3ccccc3N5c3ccc4oc5ccccc5c4c3)c3sc4ccc(C(C)(C)C)cc4c32)c(-c2ccccc2)c1. The van der Waals surface area contributed by atoms with E-state index in [2.05, 4.69) is 244 Å². The van der Waals surface area contributed by atoms with Crippen LogP contribution < -0.4 is 30.4 Å². The predicted molar refractivity (Wildman–Crippen MR) is 305 cm³/mol. The van der Waals surface area contributed by atoms with E-state index in [0.29, 0.717) is 0 Å². The first-order valence-electron chi connectivity index (χ1n) is 24.7. The molecule has 0 spiro atoms. The molecule has 342 valence electrons. The van der Waals surface area contributed by atoms with E-state index in [4.69, 9.17) is 4.42 Å². The van der Waals surface area contributed by atoms with Crippen LogP contribution in [0, 0.1) is 0 Å². The van der Waals surface area contributed by atoms with E-state index in [1.807, 2.05) is 29.2 Å². The first kappa shape index (κ1) is 42.4. The van der Waals surface area contributed by atoms with Gasteiger partial charge in [0.15, 0.2) is 0 Å². The maximum Gasteiger partial charge on any atom is 0.264 e. The number of thiophene rings is 1. The molecule has 0 saturated heterocycles. The number of rotatable bonds is 3. The van der Waals surface area contributed by atoms with Gasteiger partial charge in [-0.15, -0.1) is 11.3 Å². The van der Waals surface area contributed by atoms with Crippen LogP contribution in [-0.4, -0.2) is 6.71 Å². The summed E-state index contributed by atoms with van der Waals surface area (Å²) in [6, 6.07) is 72.7. The Morgan fingerprint density at radius 2 is 1.06 bits per heavy atom. The van der Waals surface area contributed by atoms with Gasteiger partial charge in [-0.05, 0) is 136 Å². The summed E-state index contributed by atoms with van der Waals surface area (Å²) in [4.78, 5) is 10.0. The third-order valence-electron chi connectivity index (χ3n) is 14.9. The number of para-hydroxylation sites is 3. The maximum atomic E-state index is 6.38. The van der Waals surface area contributed by atoms with Gasteiger partial charge >= 0.3 is 0 Å². The van der Waals surface area contributed by atoms with Crippen molar-refractivity contribution in [3.05, 3.63) is 205 Å². The molecular weight excluding hydrogens is 902 g/mol. The summed E-state index contributed by atoms with van der Waals surface area (Å²) >= 11 is 3.80. The van der Waals surface area contributed by atoms with Crippen molar-refractivity contribution in [2.24, 2.45) is 0 Å². The van der Waals surface area contributed by atoms with Crippen molar-refractivity contribution in [1.82, 2.24) is 0 Å². The van der Waals surface area contributed by atoms with E-state index in [9.17, 15) is 0 Å². The van der Waals surface area contributed by atoms with Crippen LogP contribution in [0.2, 0.25) is 0 Å². The van der Waals surface area contributed by atoms with Gasteiger partial charge in [0.1, 0.15) is 11.2 Å². The number of nitrogens with zero attached hydrogens (tertiary/aromatic N) is 3. The molecule has 0 radical (unpaired) electrons. The van der Waals surface area contributed by atoms with Crippen LogP contribution in [0.15, 0.2) is 208 Å². The maximum absolute atomic E-state index is 6.38. The van der Waals surface area contributed by atoms with Crippen LogP contribution in [-0.2, 0) is 10.8 Å². The van der Waals surface area contributed by atoms with E-state index < -0.39 is 0 Å². The van der Waals surface area contributed by atoms with Gasteiger partial charge in [0, 0.05) is 69.4 Å². The van der Waals surface area contributed by atoms with Crippen molar-refractivity contribution in [3.63, 3.8) is 0 Å². The van der Waals surface area contributed by atoms with Gasteiger partial charge < -0.3 is 19.1 Å². The van der Waals surface area contributed by atoms with Crippen molar-refractivity contribution >= 4 is 129 Å². The monoisotopic (exact) mass is 951 g/mol. The molecule has 0 fully saturated rings. The highest BCUT2D eigenvalue weighted by atomic mass is 32.2. The van der Waals surface area contributed by atoms with Gasteiger partial charge in [0.25, 0.3) is 6.71 Å². The minimum Gasteiger partial charge on any atom is -0.456 e. The van der Waals surface area contributed by atoms with Crippen molar-refractivity contribution < 1.29 is 4.42 Å². The summed E-state index contributed by atoms with van der Waals surface area (Å²) in [6.07, 6.45) is 0. The molecule has 11 aromatic rings. The van der Waals surface area contributed by atoms with Gasteiger partial charge in [-0.3, -0.25) is 0 Å². The Labute approximate surface area is 423 Å². The lowest BCUT2D eigenvalue weighted by Gasteiger charge is -2.44. The molecule has 9 aromatic carbocycles. The number of anilines is 9. The molecule has 14 rings (SSSR count). The summed E-state index contributed by atoms with van der Waals surface area (Å²) in [5.74, 6) is 0. The fraction of sp³-hybridized carbons (Fsp3) is 0.125. The molecule has 3 aliphatic rings. The first-order chi connectivity index (χ1) is 34.5. The second kappa shape index (κ2) is 15.5. The molecule has 3 aliphatic heterocycles. The molecule has 0 atom stereocenters. The topological polar surface area (TPSA) is 22.9 Å². The van der Waals surface area contributed by atoms with E-state index in [-0.39, 0.29) is 17.5 Å². The van der Waals surface area contributed by atoms with Gasteiger partial charge in [-0.2, -0.15) is 0 Å². The third kappa shape index (κ3) is 6.52. The Kier molecular flexibility index (Phi) is 9.28. The Morgan fingerprint density at radius 3 is 1.83 bits per heavy atom. The molecule has 2 bridgehead atoms. The van der Waals surface area contributed by atoms with Crippen LogP contribution in [0.5, 0.6) is 0 Å². The largest absolute Gasteiger partial charge is 0.456 e. The molecule has 0 amide bonds. The lowest BCUT2D eigenvalue weighted by Crippen LogP contribution is -2.60. The molecule has 2 aromatic heterocycles.